The molecule has 7 nitrogen and oxygen atoms in total. The third kappa shape index (κ3) is 6.59. The molecule has 0 saturated carbocycles. The lowest BCUT2D eigenvalue weighted by molar-refractivity contribution is 0.119. The van der Waals surface area contributed by atoms with Crippen LogP contribution in [0, 0.1) is 13.8 Å². The summed E-state index contributed by atoms with van der Waals surface area (Å²) in [6, 6.07) is 18.3. The Balaban J connectivity index is 1.41. The standard InChI is InChI=1S/C25H33N5O2/c1-19-16-20(2)30(29-19)24-9-6-5-8-22(24)17-28-25(26-3)27-14-7-15-32-18-21-10-12-23(31-4)13-11-21/h5-6,8-13,16H,7,14-15,17-18H2,1-4H3,(H2,26,27,28). The number of hydrogen-bond acceptors (Lipinski definition) is 4. The van der Waals surface area contributed by atoms with Gasteiger partial charge in [-0.25, -0.2) is 4.68 Å². The quantitative estimate of drug-likeness (QED) is 0.288. The summed E-state index contributed by atoms with van der Waals surface area (Å²) < 4.78 is 12.9. The maximum Gasteiger partial charge on any atom is 0.191 e. The number of methoxy groups -OCH3 is 1. The maximum atomic E-state index is 5.77. The van der Waals surface area contributed by atoms with Crippen molar-refractivity contribution in [2.24, 2.45) is 4.99 Å². The first kappa shape index (κ1) is 23.3. The summed E-state index contributed by atoms with van der Waals surface area (Å²) in [5.41, 5.74) is 5.50. The first-order chi connectivity index (χ1) is 15.6. The monoisotopic (exact) mass is 435 g/mol. The number of nitrogens with zero attached hydrogens (tertiary/aromatic N) is 3. The molecular formula is C25H33N5O2. The number of ether oxygens (including phenoxy) is 2. The predicted octanol–water partition coefficient (Wildman–Crippen LogP) is 3.77. The van der Waals surface area contributed by atoms with Crippen LogP contribution in [0.5, 0.6) is 5.75 Å². The molecule has 3 rings (SSSR count). The van der Waals surface area contributed by atoms with E-state index >= 15 is 0 Å². The Morgan fingerprint density at radius 1 is 1.06 bits per heavy atom. The molecule has 0 bridgehead atoms. The number of rotatable bonds is 10. The Labute approximate surface area is 190 Å². The fraction of sp³-hybridized carbons (Fsp3) is 0.360. The molecule has 0 aliphatic heterocycles. The summed E-state index contributed by atoms with van der Waals surface area (Å²) in [6.07, 6.45) is 0.888. The van der Waals surface area contributed by atoms with Crippen LogP contribution in [0.3, 0.4) is 0 Å². The van der Waals surface area contributed by atoms with Crippen LogP contribution in [0.25, 0.3) is 5.69 Å². The van der Waals surface area contributed by atoms with Crippen molar-refractivity contribution < 1.29 is 9.47 Å². The lowest BCUT2D eigenvalue weighted by atomic mass is 10.1. The van der Waals surface area contributed by atoms with Crippen molar-refractivity contribution in [3.63, 3.8) is 0 Å². The van der Waals surface area contributed by atoms with Crippen LogP contribution < -0.4 is 15.4 Å². The zero-order chi connectivity index (χ0) is 22.8. The van der Waals surface area contributed by atoms with Gasteiger partial charge >= 0.3 is 0 Å². The molecule has 0 aliphatic rings. The van der Waals surface area contributed by atoms with Gasteiger partial charge in [0.25, 0.3) is 0 Å². The lowest BCUT2D eigenvalue weighted by Gasteiger charge is -2.15. The molecule has 0 spiro atoms. The number of guanidine groups is 1. The highest BCUT2D eigenvalue weighted by molar-refractivity contribution is 5.79. The second kappa shape index (κ2) is 11.9. The van der Waals surface area contributed by atoms with Crippen molar-refractivity contribution in [1.82, 2.24) is 20.4 Å². The summed E-state index contributed by atoms with van der Waals surface area (Å²) >= 11 is 0. The van der Waals surface area contributed by atoms with Gasteiger partial charge in [-0.15, -0.1) is 0 Å². The van der Waals surface area contributed by atoms with Crippen LogP contribution in [0.15, 0.2) is 59.6 Å². The summed E-state index contributed by atoms with van der Waals surface area (Å²) in [6.45, 7) is 6.79. The first-order valence-corrected chi connectivity index (χ1v) is 10.9. The zero-order valence-corrected chi connectivity index (χ0v) is 19.4. The van der Waals surface area contributed by atoms with E-state index in [9.17, 15) is 0 Å². The molecule has 0 unspecified atom stereocenters. The topological polar surface area (TPSA) is 72.7 Å². The van der Waals surface area contributed by atoms with Gasteiger partial charge in [-0.05, 0) is 55.7 Å². The highest BCUT2D eigenvalue weighted by atomic mass is 16.5. The molecule has 0 amide bonds. The molecule has 170 valence electrons. The average molecular weight is 436 g/mol. The first-order valence-electron chi connectivity index (χ1n) is 10.9. The minimum Gasteiger partial charge on any atom is -0.497 e. The van der Waals surface area contributed by atoms with Crippen LogP contribution in [0.1, 0.15) is 28.9 Å². The van der Waals surface area contributed by atoms with Crippen molar-refractivity contribution >= 4 is 5.96 Å². The van der Waals surface area contributed by atoms with Gasteiger partial charge in [0.15, 0.2) is 5.96 Å². The van der Waals surface area contributed by atoms with Crippen LogP contribution in [0.2, 0.25) is 0 Å². The van der Waals surface area contributed by atoms with Gasteiger partial charge in [0.05, 0.1) is 25.1 Å². The van der Waals surface area contributed by atoms with Crippen LogP contribution in [0.4, 0.5) is 0 Å². The smallest absolute Gasteiger partial charge is 0.191 e. The Morgan fingerprint density at radius 2 is 1.84 bits per heavy atom. The highest BCUT2D eigenvalue weighted by Gasteiger charge is 2.09. The summed E-state index contributed by atoms with van der Waals surface area (Å²) in [7, 11) is 3.45. The van der Waals surface area contributed by atoms with Gasteiger partial charge in [-0.3, -0.25) is 4.99 Å². The molecule has 7 heteroatoms. The Kier molecular flexibility index (Phi) is 8.69. The van der Waals surface area contributed by atoms with E-state index in [0.29, 0.717) is 19.8 Å². The summed E-state index contributed by atoms with van der Waals surface area (Å²) in [5.74, 6) is 1.62. The summed E-state index contributed by atoms with van der Waals surface area (Å²) in [4.78, 5) is 4.33. The molecule has 1 aromatic heterocycles. The average Bonchev–Trinajstić information content (AvgIpc) is 3.16. The van der Waals surface area contributed by atoms with Crippen molar-refractivity contribution in [1.29, 1.82) is 0 Å². The fourth-order valence-corrected chi connectivity index (χ4v) is 3.43. The van der Waals surface area contributed by atoms with Crippen molar-refractivity contribution in [3.05, 3.63) is 77.1 Å². The molecule has 0 fully saturated rings. The molecule has 0 atom stereocenters. The lowest BCUT2D eigenvalue weighted by Crippen LogP contribution is -2.37. The van der Waals surface area contributed by atoms with Crippen LogP contribution in [-0.4, -0.2) is 43.0 Å². The molecule has 1 heterocycles. The van der Waals surface area contributed by atoms with E-state index in [1.54, 1.807) is 14.2 Å². The molecule has 3 aromatic rings. The number of nitrogens with one attached hydrogen (secondary N) is 2. The number of benzene rings is 2. The minimum atomic E-state index is 0.597. The third-order valence-corrected chi connectivity index (χ3v) is 5.08. The summed E-state index contributed by atoms with van der Waals surface area (Å²) in [5, 5.41) is 11.4. The number of aliphatic imine (C=N–C) groups is 1. The number of aryl methyl sites for hydroxylation is 2. The number of aromatic nitrogens is 2. The van der Waals surface area contributed by atoms with E-state index in [1.807, 2.05) is 48.0 Å². The van der Waals surface area contributed by atoms with Gasteiger partial charge < -0.3 is 20.1 Å². The Morgan fingerprint density at radius 3 is 2.53 bits per heavy atom. The zero-order valence-electron chi connectivity index (χ0n) is 19.4. The van der Waals surface area contributed by atoms with Crippen molar-refractivity contribution in [3.8, 4) is 11.4 Å². The van der Waals surface area contributed by atoms with Gasteiger partial charge in [-0.1, -0.05) is 30.3 Å². The second-order valence-corrected chi connectivity index (χ2v) is 7.57. The van der Waals surface area contributed by atoms with Crippen molar-refractivity contribution in [2.45, 2.75) is 33.4 Å². The Hall–Kier alpha value is -3.32. The van der Waals surface area contributed by atoms with Gasteiger partial charge in [-0.2, -0.15) is 5.10 Å². The van der Waals surface area contributed by atoms with E-state index in [4.69, 9.17) is 9.47 Å². The van der Waals surface area contributed by atoms with E-state index in [1.165, 1.54) is 0 Å². The molecule has 32 heavy (non-hydrogen) atoms. The minimum absolute atomic E-state index is 0.597. The molecule has 0 radical (unpaired) electrons. The Bertz CT molecular complexity index is 1010. The SMILES string of the molecule is CN=C(NCCCOCc1ccc(OC)cc1)NCc1ccccc1-n1nc(C)cc1C. The third-order valence-electron chi connectivity index (χ3n) is 5.08. The van der Waals surface area contributed by atoms with Crippen molar-refractivity contribution in [2.75, 3.05) is 27.3 Å². The van der Waals surface area contributed by atoms with Gasteiger partial charge in [0.1, 0.15) is 5.75 Å². The van der Waals surface area contributed by atoms with E-state index in [-0.39, 0.29) is 0 Å². The second-order valence-electron chi connectivity index (χ2n) is 7.57. The van der Waals surface area contributed by atoms with Gasteiger partial charge in [0.2, 0.25) is 0 Å². The number of para-hydroxylation sites is 1. The molecule has 2 aromatic carbocycles. The molecule has 2 N–H and O–H groups in total. The molecule has 0 aliphatic carbocycles. The van der Waals surface area contributed by atoms with E-state index in [0.717, 1.165) is 52.9 Å². The molecular weight excluding hydrogens is 402 g/mol. The van der Waals surface area contributed by atoms with Gasteiger partial charge in [0, 0.05) is 32.4 Å². The van der Waals surface area contributed by atoms with E-state index < -0.39 is 0 Å². The normalized spacial score (nSPS) is 11.4. The maximum absolute atomic E-state index is 5.77. The fourth-order valence-electron chi connectivity index (χ4n) is 3.43. The van der Waals surface area contributed by atoms with Crippen LogP contribution in [-0.2, 0) is 17.9 Å². The predicted molar refractivity (Wildman–Crippen MR) is 129 cm³/mol. The molecule has 0 saturated heterocycles. The van der Waals surface area contributed by atoms with Crippen LogP contribution >= 0.6 is 0 Å². The highest BCUT2D eigenvalue weighted by Crippen LogP contribution is 2.17. The van der Waals surface area contributed by atoms with E-state index in [2.05, 4.69) is 45.8 Å². The number of hydrogen-bond donors (Lipinski definition) is 2. The largest absolute Gasteiger partial charge is 0.497 e.